The molecule has 9 heteroatoms. The molecule has 2 amide bonds. The quantitative estimate of drug-likeness (QED) is 0.784. The first-order valence-corrected chi connectivity index (χ1v) is 10.5. The minimum atomic E-state index is -3.47. The van der Waals surface area contributed by atoms with Gasteiger partial charge in [-0.3, -0.25) is 9.59 Å². The Morgan fingerprint density at radius 2 is 1.77 bits per heavy atom. The Balaban J connectivity index is 1.55. The van der Waals surface area contributed by atoms with Gasteiger partial charge in [0, 0.05) is 18.8 Å². The van der Waals surface area contributed by atoms with E-state index in [2.05, 4.69) is 10.6 Å². The number of rotatable bonds is 6. The number of amides is 2. The number of sulfonamides is 1. The van der Waals surface area contributed by atoms with Gasteiger partial charge in [-0.25, -0.2) is 8.42 Å². The van der Waals surface area contributed by atoms with Crippen LogP contribution in [0.25, 0.3) is 0 Å². The van der Waals surface area contributed by atoms with Gasteiger partial charge < -0.3 is 10.6 Å². The summed E-state index contributed by atoms with van der Waals surface area (Å²) in [6.07, 6.45) is 1.76. The summed E-state index contributed by atoms with van der Waals surface area (Å²) in [5.41, 5.74) is 0.473. The zero-order valence-electron chi connectivity index (χ0n) is 14.0. The van der Waals surface area contributed by atoms with Crippen LogP contribution in [0.4, 0.5) is 5.69 Å². The number of nitrogens with zero attached hydrogens (tertiary/aromatic N) is 1. The molecule has 1 aliphatic rings. The van der Waals surface area contributed by atoms with Crippen molar-refractivity contribution in [1.29, 1.82) is 0 Å². The van der Waals surface area contributed by atoms with Gasteiger partial charge in [0.15, 0.2) is 0 Å². The van der Waals surface area contributed by atoms with Crippen LogP contribution >= 0.6 is 11.3 Å². The zero-order chi connectivity index (χ0) is 18.6. The van der Waals surface area contributed by atoms with E-state index in [0.29, 0.717) is 23.7 Å². The van der Waals surface area contributed by atoms with Crippen LogP contribution in [0.2, 0.25) is 0 Å². The summed E-state index contributed by atoms with van der Waals surface area (Å²) in [6.45, 7) is 0.931. The summed E-state index contributed by atoms with van der Waals surface area (Å²) >= 11 is 1.30. The average molecular weight is 393 g/mol. The third kappa shape index (κ3) is 4.29. The van der Waals surface area contributed by atoms with Crippen molar-refractivity contribution in [3.05, 3.63) is 46.7 Å². The maximum atomic E-state index is 12.4. The standard InChI is InChI=1S/C17H19N3O4S2/c21-16(12-18-17(22)15-4-3-11-25-15)19-13-5-7-14(8-6-13)26(23,24)20-9-1-2-10-20/h3-8,11H,1-2,9-10,12H2,(H,18,22)(H,19,21). The maximum absolute atomic E-state index is 12.4. The summed E-state index contributed by atoms with van der Waals surface area (Å²) in [4.78, 5) is 24.5. The van der Waals surface area contributed by atoms with E-state index in [4.69, 9.17) is 0 Å². The molecule has 0 bridgehead atoms. The molecule has 0 radical (unpaired) electrons. The number of carbonyl (C=O) groups excluding carboxylic acids is 2. The molecule has 1 fully saturated rings. The molecule has 2 heterocycles. The van der Waals surface area contributed by atoms with E-state index in [-0.39, 0.29) is 23.3 Å². The van der Waals surface area contributed by atoms with Crippen molar-refractivity contribution in [2.45, 2.75) is 17.7 Å². The molecule has 7 nitrogen and oxygen atoms in total. The molecule has 1 aliphatic heterocycles. The SMILES string of the molecule is O=C(CNC(=O)c1cccs1)Nc1ccc(S(=O)(=O)N2CCCC2)cc1. The third-order valence-corrected chi connectivity index (χ3v) is 6.78. The number of anilines is 1. The first-order chi connectivity index (χ1) is 12.5. The van der Waals surface area contributed by atoms with Crippen molar-refractivity contribution < 1.29 is 18.0 Å². The molecule has 1 saturated heterocycles. The van der Waals surface area contributed by atoms with Crippen LogP contribution in [-0.4, -0.2) is 44.2 Å². The Labute approximate surface area is 156 Å². The molecule has 2 aromatic rings. The lowest BCUT2D eigenvalue weighted by Crippen LogP contribution is -2.32. The molecule has 0 atom stereocenters. The minimum absolute atomic E-state index is 0.162. The van der Waals surface area contributed by atoms with Gasteiger partial charge in [0.05, 0.1) is 16.3 Å². The smallest absolute Gasteiger partial charge is 0.261 e. The molecule has 0 aliphatic carbocycles. The number of hydrogen-bond donors (Lipinski definition) is 2. The third-order valence-electron chi connectivity index (χ3n) is 4.00. The molecule has 2 N–H and O–H groups in total. The summed E-state index contributed by atoms with van der Waals surface area (Å²) in [6, 6.07) is 9.49. The van der Waals surface area contributed by atoms with Crippen molar-refractivity contribution in [2.75, 3.05) is 25.0 Å². The van der Waals surface area contributed by atoms with E-state index in [1.165, 1.54) is 27.8 Å². The van der Waals surface area contributed by atoms with Gasteiger partial charge in [-0.1, -0.05) is 6.07 Å². The first-order valence-electron chi connectivity index (χ1n) is 8.18. The fourth-order valence-electron chi connectivity index (χ4n) is 2.65. The largest absolute Gasteiger partial charge is 0.342 e. The lowest BCUT2D eigenvalue weighted by atomic mass is 10.3. The van der Waals surface area contributed by atoms with Crippen molar-refractivity contribution in [3.63, 3.8) is 0 Å². The minimum Gasteiger partial charge on any atom is -0.342 e. The Kier molecular flexibility index (Phi) is 5.70. The predicted molar refractivity (Wildman–Crippen MR) is 99.7 cm³/mol. The molecule has 0 unspecified atom stereocenters. The second kappa shape index (κ2) is 7.98. The van der Waals surface area contributed by atoms with Gasteiger partial charge in [0.2, 0.25) is 15.9 Å². The fraction of sp³-hybridized carbons (Fsp3) is 0.294. The molecule has 138 valence electrons. The highest BCUT2D eigenvalue weighted by atomic mass is 32.2. The van der Waals surface area contributed by atoms with Crippen molar-refractivity contribution in [1.82, 2.24) is 9.62 Å². The summed E-state index contributed by atoms with van der Waals surface area (Å²) in [5, 5.41) is 6.95. The summed E-state index contributed by atoms with van der Waals surface area (Å²) < 4.78 is 26.4. The van der Waals surface area contributed by atoms with Gasteiger partial charge in [0.25, 0.3) is 5.91 Å². The molecule has 26 heavy (non-hydrogen) atoms. The van der Waals surface area contributed by atoms with Crippen LogP contribution in [0, 0.1) is 0 Å². The summed E-state index contributed by atoms with van der Waals surface area (Å²) in [7, 11) is -3.47. The van der Waals surface area contributed by atoms with Crippen molar-refractivity contribution in [3.8, 4) is 0 Å². The van der Waals surface area contributed by atoms with Gasteiger partial charge >= 0.3 is 0 Å². The van der Waals surface area contributed by atoms with E-state index in [9.17, 15) is 18.0 Å². The lowest BCUT2D eigenvalue weighted by molar-refractivity contribution is -0.115. The highest BCUT2D eigenvalue weighted by Gasteiger charge is 2.26. The van der Waals surface area contributed by atoms with Crippen LogP contribution in [0.1, 0.15) is 22.5 Å². The molecule has 0 spiro atoms. The van der Waals surface area contributed by atoms with Crippen molar-refractivity contribution >= 4 is 38.9 Å². The topological polar surface area (TPSA) is 95.6 Å². The Bertz CT molecular complexity index is 871. The maximum Gasteiger partial charge on any atom is 0.261 e. The van der Waals surface area contributed by atoms with E-state index in [1.54, 1.807) is 29.6 Å². The number of thiophene rings is 1. The highest BCUT2D eigenvalue weighted by molar-refractivity contribution is 7.89. The fourth-order valence-corrected chi connectivity index (χ4v) is 4.81. The normalized spacial score (nSPS) is 14.9. The number of benzene rings is 1. The first kappa shape index (κ1) is 18.6. The second-order valence-electron chi connectivity index (χ2n) is 5.84. The van der Waals surface area contributed by atoms with Gasteiger partial charge in [0.1, 0.15) is 0 Å². The van der Waals surface area contributed by atoms with Crippen LogP contribution in [-0.2, 0) is 14.8 Å². The van der Waals surface area contributed by atoms with Crippen LogP contribution in [0.5, 0.6) is 0 Å². The molecule has 1 aromatic heterocycles. The highest BCUT2D eigenvalue weighted by Crippen LogP contribution is 2.22. The Hall–Kier alpha value is -2.23. The second-order valence-corrected chi connectivity index (χ2v) is 8.73. The van der Waals surface area contributed by atoms with Gasteiger partial charge in [-0.05, 0) is 48.6 Å². The van der Waals surface area contributed by atoms with E-state index in [0.717, 1.165) is 12.8 Å². The molecular formula is C17H19N3O4S2. The molecular weight excluding hydrogens is 374 g/mol. The van der Waals surface area contributed by atoms with E-state index in [1.807, 2.05) is 0 Å². The van der Waals surface area contributed by atoms with Crippen LogP contribution in [0.3, 0.4) is 0 Å². The van der Waals surface area contributed by atoms with Gasteiger partial charge in [-0.15, -0.1) is 11.3 Å². The Morgan fingerprint density at radius 3 is 2.38 bits per heavy atom. The average Bonchev–Trinajstić information content (AvgIpc) is 3.33. The zero-order valence-corrected chi connectivity index (χ0v) is 15.6. The van der Waals surface area contributed by atoms with Gasteiger partial charge in [-0.2, -0.15) is 4.31 Å². The van der Waals surface area contributed by atoms with Crippen molar-refractivity contribution in [2.24, 2.45) is 0 Å². The van der Waals surface area contributed by atoms with E-state index >= 15 is 0 Å². The number of nitrogens with one attached hydrogen (secondary N) is 2. The molecule has 0 saturated carbocycles. The van der Waals surface area contributed by atoms with Crippen LogP contribution in [0.15, 0.2) is 46.7 Å². The molecule has 1 aromatic carbocycles. The van der Waals surface area contributed by atoms with Crippen LogP contribution < -0.4 is 10.6 Å². The molecule has 3 rings (SSSR count). The summed E-state index contributed by atoms with van der Waals surface area (Å²) in [5.74, 6) is -0.688. The number of hydrogen-bond acceptors (Lipinski definition) is 5. The monoisotopic (exact) mass is 393 g/mol. The lowest BCUT2D eigenvalue weighted by Gasteiger charge is -2.15. The Morgan fingerprint density at radius 1 is 1.08 bits per heavy atom. The van der Waals surface area contributed by atoms with E-state index < -0.39 is 10.0 Å². The predicted octanol–water partition coefficient (Wildman–Crippen LogP) is 1.90. The number of carbonyl (C=O) groups is 2.